The van der Waals surface area contributed by atoms with Crippen molar-refractivity contribution in [2.24, 2.45) is 0 Å². The van der Waals surface area contributed by atoms with Crippen LogP contribution in [0.2, 0.25) is 0 Å². The van der Waals surface area contributed by atoms with E-state index in [1.165, 1.54) is 26.1 Å². The van der Waals surface area contributed by atoms with Crippen molar-refractivity contribution < 1.29 is 0 Å². The van der Waals surface area contributed by atoms with Gasteiger partial charge in [-0.05, 0) is 48.9 Å². The quantitative estimate of drug-likeness (QED) is 0.635. The Morgan fingerprint density at radius 2 is 1.92 bits per heavy atom. The van der Waals surface area contributed by atoms with Gasteiger partial charge in [0, 0.05) is 9.58 Å². The second-order valence-corrected chi connectivity index (χ2v) is 4.83. The van der Waals surface area contributed by atoms with Gasteiger partial charge in [0.25, 0.3) is 0 Å². The van der Waals surface area contributed by atoms with Gasteiger partial charge in [0.15, 0.2) is 0 Å². The maximum Gasteiger partial charge on any atom is 0.0350 e. The monoisotopic (exact) mass is 190 g/mol. The summed E-state index contributed by atoms with van der Waals surface area (Å²) in [5.74, 6) is 0. The lowest BCUT2D eigenvalue weighted by molar-refractivity contribution is 1.15. The summed E-state index contributed by atoms with van der Waals surface area (Å²) < 4.78 is 1.44. The van der Waals surface area contributed by atoms with E-state index in [1.54, 1.807) is 0 Å². The van der Waals surface area contributed by atoms with Crippen molar-refractivity contribution in [3.8, 4) is 0 Å². The van der Waals surface area contributed by atoms with Crippen LogP contribution in [0.3, 0.4) is 0 Å². The highest BCUT2D eigenvalue weighted by atomic mass is 32.1. The van der Waals surface area contributed by atoms with E-state index in [0.717, 1.165) is 6.42 Å². The van der Waals surface area contributed by atoms with Gasteiger partial charge in [0.2, 0.25) is 0 Å². The van der Waals surface area contributed by atoms with Crippen molar-refractivity contribution in [1.29, 1.82) is 0 Å². The van der Waals surface area contributed by atoms with Crippen LogP contribution in [-0.4, -0.2) is 0 Å². The van der Waals surface area contributed by atoms with Crippen molar-refractivity contribution in [2.75, 3.05) is 0 Å². The van der Waals surface area contributed by atoms with E-state index in [-0.39, 0.29) is 0 Å². The van der Waals surface area contributed by atoms with Gasteiger partial charge >= 0.3 is 0 Å². The summed E-state index contributed by atoms with van der Waals surface area (Å²) in [4.78, 5) is 1.41. The highest BCUT2D eigenvalue weighted by Gasteiger charge is 2.03. The Bertz CT molecular complexity index is 438. The third-order valence-electron chi connectivity index (χ3n) is 2.37. The molecule has 0 aliphatic rings. The van der Waals surface area contributed by atoms with Crippen molar-refractivity contribution >= 4 is 21.4 Å². The molecule has 0 saturated carbocycles. The Labute approximate surface area is 83.2 Å². The first-order chi connectivity index (χ1) is 6.20. The molecule has 0 saturated heterocycles. The van der Waals surface area contributed by atoms with Crippen LogP contribution in [0.1, 0.15) is 22.9 Å². The maximum atomic E-state index is 2.30. The molecule has 0 radical (unpaired) electrons. The molecule has 0 spiro atoms. The Balaban J connectivity index is 2.80. The van der Waals surface area contributed by atoms with Gasteiger partial charge in [-0.1, -0.05) is 13.0 Å². The molecule has 13 heavy (non-hydrogen) atoms. The Morgan fingerprint density at radius 1 is 1.15 bits per heavy atom. The highest BCUT2D eigenvalue weighted by molar-refractivity contribution is 7.19. The molecule has 0 unspecified atom stereocenters. The molecule has 0 N–H and O–H groups in total. The SMILES string of the molecule is CCc1cc(C)cc2sc(C)cc12. The van der Waals surface area contributed by atoms with Crippen LogP contribution in [0.15, 0.2) is 18.2 Å². The number of benzene rings is 1. The van der Waals surface area contributed by atoms with Crippen molar-refractivity contribution in [2.45, 2.75) is 27.2 Å². The second-order valence-electron chi connectivity index (χ2n) is 3.55. The number of aryl methyl sites for hydroxylation is 3. The van der Waals surface area contributed by atoms with Gasteiger partial charge in [0.1, 0.15) is 0 Å². The minimum Gasteiger partial charge on any atom is -0.141 e. The van der Waals surface area contributed by atoms with Gasteiger partial charge < -0.3 is 0 Å². The predicted octanol–water partition coefficient (Wildman–Crippen LogP) is 4.08. The zero-order valence-corrected chi connectivity index (χ0v) is 9.16. The molecule has 0 aliphatic heterocycles. The van der Waals surface area contributed by atoms with Crippen molar-refractivity contribution in [3.63, 3.8) is 0 Å². The van der Waals surface area contributed by atoms with E-state index in [2.05, 4.69) is 39.0 Å². The third-order valence-corrected chi connectivity index (χ3v) is 3.37. The summed E-state index contributed by atoms with van der Waals surface area (Å²) in [5, 5.41) is 1.45. The minimum atomic E-state index is 1.13. The molecular formula is C12H14S. The van der Waals surface area contributed by atoms with Crippen molar-refractivity contribution in [3.05, 3.63) is 34.2 Å². The minimum absolute atomic E-state index is 1.13. The normalized spacial score (nSPS) is 11.0. The Hall–Kier alpha value is -0.820. The average Bonchev–Trinajstić information content (AvgIpc) is 2.43. The molecule has 0 aliphatic carbocycles. The van der Waals surface area contributed by atoms with Crippen molar-refractivity contribution in [1.82, 2.24) is 0 Å². The lowest BCUT2D eigenvalue weighted by Gasteiger charge is -2.00. The zero-order valence-electron chi connectivity index (χ0n) is 8.35. The standard InChI is InChI=1S/C12H14S/c1-4-10-5-8(2)6-12-11(10)7-9(3)13-12/h5-7H,4H2,1-3H3. The lowest BCUT2D eigenvalue weighted by Crippen LogP contribution is -1.82. The third kappa shape index (κ3) is 1.49. The molecule has 0 fully saturated rings. The average molecular weight is 190 g/mol. The molecule has 1 heterocycles. The first-order valence-electron chi connectivity index (χ1n) is 4.70. The Morgan fingerprint density at radius 3 is 2.62 bits per heavy atom. The number of hydrogen-bond acceptors (Lipinski definition) is 1. The van der Waals surface area contributed by atoms with E-state index in [9.17, 15) is 0 Å². The summed E-state index contributed by atoms with van der Waals surface area (Å²) in [5.41, 5.74) is 2.87. The molecule has 2 rings (SSSR count). The van der Waals surface area contributed by atoms with Gasteiger partial charge in [-0.3, -0.25) is 0 Å². The molecule has 2 aromatic rings. The van der Waals surface area contributed by atoms with E-state index < -0.39 is 0 Å². The van der Waals surface area contributed by atoms with Crippen LogP contribution in [0.25, 0.3) is 10.1 Å². The van der Waals surface area contributed by atoms with Crippen LogP contribution in [0.4, 0.5) is 0 Å². The Kier molecular flexibility index (Phi) is 2.12. The fourth-order valence-electron chi connectivity index (χ4n) is 1.78. The number of hydrogen-bond donors (Lipinski definition) is 0. The molecule has 0 nitrogen and oxygen atoms in total. The fourth-order valence-corrected chi connectivity index (χ4v) is 2.85. The van der Waals surface area contributed by atoms with Crippen LogP contribution < -0.4 is 0 Å². The first-order valence-corrected chi connectivity index (χ1v) is 5.52. The maximum absolute atomic E-state index is 2.30. The predicted molar refractivity (Wildman–Crippen MR) is 60.7 cm³/mol. The summed E-state index contributed by atoms with van der Waals surface area (Å²) >= 11 is 1.90. The largest absolute Gasteiger partial charge is 0.141 e. The lowest BCUT2D eigenvalue weighted by atomic mass is 10.1. The smallest absolute Gasteiger partial charge is 0.0350 e. The highest BCUT2D eigenvalue weighted by Crippen LogP contribution is 2.29. The number of rotatable bonds is 1. The van der Waals surface area contributed by atoms with Gasteiger partial charge in [0.05, 0.1) is 0 Å². The molecule has 1 aromatic heterocycles. The summed E-state index contributed by atoms with van der Waals surface area (Å²) in [6.45, 7) is 6.58. The van der Waals surface area contributed by atoms with Crippen LogP contribution in [0.5, 0.6) is 0 Å². The molecule has 1 heteroatoms. The summed E-state index contributed by atoms with van der Waals surface area (Å²) in [6, 6.07) is 6.89. The van der Waals surface area contributed by atoms with Gasteiger partial charge in [-0.15, -0.1) is 11.3 Å². The summed E-state index contributed by atoms with van der Waals surface area (Å²) in [7, 11) is 0. The second kappa shape index (κ2) is 3.15. The van der Waals surface area contributed by atoms with Crippen LogP contribution in [0, 0.1) is 13.8 Å². The molecule has 0 bridgehead atoms. The molecule has 0 atom stereocenters. The number of thiophene rings is 1. The molecule has 68 valence electrons. The van der Waals surface area contributed by atoms with E-state index in [0.29, 0.717) is 0 Å². The van der Waals surface area contributed by atoms with Gasteiger partial charge in [-0.25, -0.2) is 0 Å². The molecular weight excluding hydrogens is 176 g/mol. The van der Waals surface area contributed by atoms with E-state index in [4.69, 9.17) is 0 Å². The fraction of sp³-hybridized carbons (Fsp3) is 0.333. The topological polar surface area (TPSA) is 0 Å². The zero-order chi connectivity index (χ0) is 9.42. The van der Waals surface area contributed by atoms with E-state index in [1.807, 2.05) is 11.3 Å². The number of fused-ring (bicyclic) bond motifs is 1. The van der Waals surface area contributed by atoms with Crippen LogP contribution in [-0.2, 0) is 6.42 Å². The van der Waals surface area contributed by atoms with E-state index >= 15 is 0 Å². The first kappa shape index (κ1) is 8.76. The van der Waals surface area contributed by atoms with Gasteiger partial charge in [-0.2, -0.15) is 0 Å². The summed E-state index contributed by atoms with van der Waals surface area (Å²) in [6.07, 6.45) is 1.13. The molecule has 0 amide bonds. The molecule has 1 aromatic carbocycles. The van der Waals surface area contributed by atoms with Crippen LogP contribution >= 0.6 is 11.3 Å².